The van der Waals surface area contributed by atoms with Crippen LogP contribution < -0.4 is 20.1 Å². The van der Waals surface area contributed by atoms with Crippen LogP contribution in [0.25, 0.3) is 11.3 Å². The zero-order valence-corrected chi connectivity index (χ0v) is 14.5. The summed E-state index contributed by atoms with van der Waals surface area (Å²) in [5.74, 6) is -0.400. The van der Waals surface area contributed by atoms with Gasteiger partial charge in [0, 0.05) is 10.8 Å². The van der Waals surface area contributed by atoms with E-state index >= 15 is 0 Å². The molecule has 0 fully saturated rings. The number of benzene rings is 1. The molecule has 0 saturated carbocycles. The van der Waals surface area contributed by atoms with Crippen LogP contribution in [-0.2, 0) is 4.79 Å². The number of thioether (sulfide) groups is 1. The molecule has 1 N–H and O–H groups in total. The summed E-state index contributed by atoms with van der Waals surface area (Å²) in [6.07, 6.45) is 0. The highest BCUT2D eigenvalue weighted by Gasteiger charge is 2.17. The first-order valence-corrected chi connectivity index (χ1v) is 7.93. The van der Waals surface area contributed by atoms with Gasteiger partial charge in [-0.1, -0.05) is 11.8 Å². The molecule has 0 radical (unpaired) electrons. The summed E-state index contributed by atoms with van der Waals surface area (Å²) in [4.78, 5) is 29.7. The molecule has 0 aliphatic heterocycles. The summed E-state index contributed by atoms with van der Waals surface area (Å²) in [6, 6.07) is 6.64. The van der Waals surface area contributed by atoms with Crippen molar-refractivity contribution in [3.05, 3.63) is 34.1 Å². The first-order chi connectivity index (χ1) is 11.9. The first-order valence-electron chi connectivity index (χ1n) is 7.05. The monoisotopic (exact) mass is 360 g/mol. The van der Waals surface area contributed by atoms with Crippen molar-refractivity contribution in [1.29, 1.82) is 5.26 Å². The molecule has 130 valence electrons. The fourth-order valence-electron chi connectivity index (χ4n) is 2.02. The van der Waals surface area contributed by atoms with E-state index in [1.165, 1.54) is 21.1 Å². The highest BCUT2D eigenvalue weighted by Crippen LogP contribution is 2.32. The van der Waals surface area contributed by atoms with Gasteiger partial charge >= 0.3 is 0 Å². The largest absolute Gasteiger partial charge is 0.549 e. The maximum Gasteiger partial charge on any atom is 0.270 e. The van der Waals surface area contributed by atoms with Gasteiger partial charge < -0.3 is 24.4 Å². The van der Waals surface area contributed by atoms with Gasteiger partial charge in [0.25, 0.3) is 5.56 Å². The molecular formula is C16H14N3O5S-. The molecule has 25 heavy (non-hydrogen) atoms. The van der Waals surface area contributed by atoms with Crippen LogP contribution in [0.5, 0.6) is 11.5 Å². The summed E-state index contributed by atoms with van der Waals surface area (Å²) < 4.78 is 10.4. The normalized spacial score (nSPS) is 11.4. The Morgan fingerprint density at radius 3 is 2.60 bits per heavy atom. The van der Waals surface area contributed by atoms with Crippen molar-refractivity contribution in [3.63, 3.8) is 0 Å². The third-order valence-corrected chi connectivity index (χ3v) is 4.25. The lowest BCUT2D eigenvalue weighted by Crippen LogP contribution is -2.31. The van der Waals surface area contributed by atoms with Crippen molar-refractivity contribution in [2.24, 2.45) is 0 Å². The van der Waals surface area contributed by atoms with Crippen molar-refractivity contribution >= 4 is 17.7 Å². The average Bonchev–Trinajstić information content (AvgIpc) is 2.60. The molecule has 0 amide bonds. The second kappa shape index (κ2) is 7.72. The van der Waals surface area contributed by atoms with Gasteiger partial charge in [-0.2, -0.15) is 5.26 Å². The van der Waals surface area contributed by atoms with E-state index in [9.17, 15) is 20.0 Å². The number of nitriles is 1. The van der Waals surface area contributed by atoms with E-state index in [0.717, 1.165) is 11.8 Å². The Kier molecular flexibility index (Phi) is 5.67. The topological polar surface area (TPSA) is 128 Å². The van der Waals surface area contributed by atoms with Gasteiger partial charge in [0.05, 0.1) is 25.9 Å². The minimum absolute atomic E-state index is 0.0745. The standard InChI is InChI=1S/C16H15N3O5S/c1-8(15(21)22)25-16-18-13(10(7-17)14(20)19-16)9-4-5-11(23-2)12(6-9)24-3/h4-6,8H,1-3H3,(H,21,22)(H,18,19,20)/p-1/t8-/m0/s1. The summed E-state index contributed by atoms with van der Waals surface area (Å²) >= 11 is 0.817. The summed E-state index contributed by atoms with van der Waals surface area (Å²) in [6.45, 7) is 1.41. The predicted molar refractivity (Wildman–Crippen MR) is 88.4 cm³/mol. The number of carbonyl (C=O) groups is 1. The molecule has 0 saturated heterocycles. The van der Waals surface area contributed by atoms with Crippen molar-refractivity contribution in [2.45, 2.75) is 17.3 Å². The molecule has 8 nitrogen and oxygen atoms in total. The minimum Gasteiger partial charge on any atom is -0.549 e. The quantitative estimate of drug-likeness (QED) is 0.584. The number of carbonyl (C=O) groups excluding carboxylic acids is 1. The highest BCUT2D eigenvalue weighted by molar-refractivity contribution is 8.00. The molecule has 9 heteroatoms. The molecular weight excluding hydrogens is 346 g/mol. The lowest BCUT2D eigenvalue weighted by molar-refractivity contribution is -0.304. The summed E-state index contributed by atoms with van der Waals surface area (Å²) in [5, 5.41) is 19.3. The van der Waals surface area contributed by atoms with Gasteiger partial charge in [0.15, 0.2) is 16.7 Å². The molecule has 1 atom stereocenters. The third kappa shape index (κ3) is 3.92. The van der Waals surface area contributed by atoms with E-state index in [-0.39, 0.29) is 16.4 Å². The average molecular weight is 360 g/mol. The number of carboxylic acids is 1. The smallest absolute Gasteiger partial charge is 0.270 e. The molecule has 1 aromatic heterocycles. The SMILES string of the molecule is COc1ccc(-c2nc(S[C@@H](C)C(=O)[O-])[nH]c(=O)c2C#N)cc1OC. The number of rotatable bonds is 6. The zero-order chi connectivity index (χ0) is 18.6. The lowest BCUT2D eigenvalue weighted by atomic mass is 10.1. The Labute approximate surface area is 147 Å². The van der Waals surface area contributed by atoms with Gasteiger partial charge in [-0.15, -0.1) is 0 Å². The maximum atomic E-state index is 12.1. The van der Waals surface area contributed by atoms with E-state index in [1.54, 1.807) is 18.2 Å². The molecule has 0 aliphatic carbocycles. The third-order valence-electron chi connectivity index (χ3n) is 3.29. The Hall–Kier alpha value is -2.99. The van der Waals surface area contributed by atoms with Crippen LogP contribution in [0.4, 0.5) is 0 Å². The van der Waals surface area contributed by atoms with Crippen LogP contribution in [0.3, 0.4) is 0 Å². The Morgan fingerprint density at radius 2 is 2.04 bits per heavy atom. The van der Waals surface area contributed by atoms with E-state index in [1.807, 2.05) is 6.07 Å². The predicted octanol–water partition coefficient (Wildman–Crippen LogP) is 0.556. The summed E-state index contributed by atoms with van der Waals surface area (Å²) in [7, 11) is 2.95. The van der Waals surface area contributed by atoms with Gasteiger partial charge in [-0.3, -0.25) is 4.79 Å². The van der Waals surface area contributed by atoms with Crippen molar-refractivity contribution < 1.29 is 19.4 Å². The summed E-state index contributed by atoms with van der Waals surface area (Å²) in [5.41, 5.74) is -0.253. The van der Waals surface area contributed by atoms with Crippen LogP contribution in [-0.4, -0.2) is 35.4 Å². The van der Waals surface area contributed by atoms with E-state index < -0.39 is 16.8 Å². The number of H-pyrrole nitrogens is 1. The van der Waals surface area contributed by atoms with E-state index in [4.69, 9.17) is 9.47 Å². The number of nitrogens with one attached hydrogen (secondary N) is 1. The number of hydrogen-bond donors (Lipinski definition) is 1. The number of aromatic amines is 1. The molecule has 0 unspecified atom stereocenters. The molecule has 2 aromatic rings. The Bertz CT molecular complexity index is 904. The van der Waals surface area contributed by atoms with Gasteiger partial charge in [0.2, 0.25) is 0 Å². The number of aliphatic carboxylic acids is 1. The molecule has 0 aliphatic rings. The van der Waals surface area contributed by atoms with Gasteiger partial charge in [-0.05, 0) is 25.1 Å². The van der Waals surface area contributed by atoms with E-state index in [2.05, 4.69) is 9.97 Å². The second-order valence-corrected chi connectivity index (χ2v) is 6.18. The number of carboxylic acid groups (broad SMARTS) is 1. The highest BCUT2D eigenvalue weighted by atomic mass is 32.2. The molecule has 0 spiro atoms. The van der Waals surface area contributed by atoms with Crippen LogP contribution in [0, 0.1) is 11.3 Å². The second-order valence-electron chi connectivity index (χ2n) is 4.86. The van der Waals surface area contributed by atoms with Crippen LogP contribution in [0.2, 0.25) is 0 Å². The molecule has 1 aromatic carbocycles. The molecule has 2 rings (SSSR count). The van der Waals surface area contributed by atoms with E-state index in [0.29, 0.717) is 17.1 Å². The number of nitrogens with zero attached hydrogens (tertiary/aromatic N) is 2. The van der Waals surface area contributed by atoms with Crippen LogP contribution in [0.15, 0.2) is 28.2 Å². The first kappa shape index (κ1) is 18.4. The fourth-order valence-corrected chi connectivity index (χ4v) is 2.75. The zero-order valence-electron chi connectivity index (χ0n) is 13.7. The van der Waals surface area contributed by atoms with Crippen LogP contribution in [0.1, 0.15) is 12.5 Å². The number of ether oxygens (including phenoxy) is 2. The fraction of sp³-hybridized carbons (Fsp3) is 0.250. The van der Waals surface area contributed by atoms with Crippen LogP contribution >= 0.6 is 11.8 Å². The lowest BCUT2D eigenvalue weighted by Gasteiger charge is -2.13. The Morgan fingerprint density at radius 1 is 1.36 bits per heavy atom. The Balaban J connectivity index is 2.60. The van der Waals surface area contributed by atoms with Crippen molar-refractivity contribution in [1.82, 2.24) is 9.97 Å². The maximum absolute atomic E-state index is 12.1. The number of aromatic nitrogens is 2. The van der Waals surface area contributed by atoms with Crippen molar-refractivity contribution in [3.8, 4) is 28.8 Å². The molecule has 0 bridgehead atoms. The van der Waals surface area contributed by atoms with Crippen molar-refractivity contribution in [2.75, 3.05) is 14.2 Å². The minimum atomic E-state index is -1.29. The molecule has 1 heterocycles. The van der Waals surface area contributed by atoms with Gasteiger partial charge in [-0.25, -0.2) is 4.98 Å². The number of hydrogen-bond acceptors (Lipinski definition) is 8. The number of methoxy groups -OCH3 is 2. The van der Waals surface area contributed by atoms with Gasteiger partial charge in [0.1, 0.15) is 11.6 Å².